The molecule has 13 heavy (non-hydrogen) atoms. The standard InChI is InChI=1S/C8H12N2O3/c11-6(4-8(12)13)5-10-7-2-1-3-9-7/h1-3,6,9-11H,4-5H2,(H,12,13). The van der Waals surface area contributed by atoms with E-state index in [1.54, 1.807) is 12.3 Å². The van der Waals surface area contributed by atoms with Gasteiger partial charge in [-0.25, -0.2) is 0 Å². The Morgan fingerprint density at radius 2 is 2.46 bits per heavy atom. The van der Waals surface area contributed by atoms with Gasteiger partial charge in [-0.15, -0.1) is 0 Å². The largest absolute Gasteiger partial charge is 0.481 e. The van der Waals surface area contributed by atoms with E-state index in [1.807, 2.05) is 6.07 Å². The number of rotatable bonds is 5. The van der Waals surface area contributed by atoms with E-state index >= 15 is 0 Å². The Bertz CT molecular complexity index is 258. The lowest BCUT2D eigenvalue weighted by Gasteiger charge is -2.08. The summed E-state index contributed by atoms with van der Waals surface area (Å²) in [6.07, 6.45) is 0.639. The van der Waals surface area contributed by atoms with Gasteiger partial charge in [0.1, 0.15) is 5.82 Å². The highest BCUT2D eigenvalue weighted by atomic mass is 16.4. The van der Waals surface area contributed by atoms with Crippen LogP contribution in [0, 0.1) is 0 Å². The van der Waals surface area contributed by atoms with Gasteiger partial charge in [-0.1, -0.05) is 0 Å². The Balaban J connectivity index is 2.22. The zero-order valence-corrected chi connectivity index (χ0v) is 7.03. The Morgan fingerprint density at radius 1 is 1.69 bits per heavy atom. The van der Waals surface area contributed by atoms with Crippen molar-refractivity contribution in [1.29, 1.82) is 0 Å². The number of hydrogen-bond donors (Lipinski definition) is 4. The van der Waals surface area contributed by atoms with Crippen molar-refractivity contribution in [3.05, 3.63) is 18.3 Å². The molecule has 1 atom stereocenters. The van der Waals surface area contributed by atoms with Crippen LogP contribution in [-0.2, 0) is 4.79 Å². The van der Waals surface area contributed by atoms with Crippen molar-refractivity contribution in [2.24, 2.45) is 0 Å². The third-order valence-electron chi connectivity index (χ3n) is 1.54. The Kier molecular flexibility index (Phi) is 3.33. The molecule has 1 unspecified atom stereocenters. The molecule has 0 aromatic carbocycles. The molecule has 0 radical (unpaired) electrons. The predicted molar refractivity (Wildman–Crippen MR) is 47.5 cm³/mol. The van der Waals surface area contributed by atoms with Gasteiger partial charge in [-0.2, -0.15) is 0 Å². The highest BCUT2D eigenvalue weighted by Gasteiger charge is 2.08. The number of carboxylic acids is 1. The van der Waals surface area contributed by atoms with Crippen molar-refractivity contribution < 1.29 is 15.0 Å². The molecule has 4 N–H and O–H groups in total. The topological polar surface area (TPSA) is 85.3 Å². The first-order chi connectivity index (χ1) is 6.18. The quantitative estimate of drug-likeness (QED) is 0.529. The molecule has 0 aliphatic heterocycles. The van der Waals surface area contributed by atoms with Crippen LogP contribution < -0.4 is 5.32 Å². The Morgan fingerprint density at radius 3 is 3.00 bits per heavy atom. The normalized spacial score (nSPS) is 12.4. The first-order valence-electron chi connectivity index (χ1n) is 3.95. The second-order valence-corrected chi connectivity index (χ2v) is 2.72. The maximum Gasteiger partial charge on any atom is 0.306 e. The molecule has 0 saturated heterocycles. The van der Waals surface area contributed by atoms with Crippen molar-refractivity contribution in [1.82, 2.24) is 4.98 Å². The van der Waals surface area contributed by atoms with Crippen LogP contribution in [0.15, 0.2) is 18.3 Å². The average molecular weight is 184 g/mol. The van der Waals surface area contributed by atoms with Gasteiger partial charge in [-0.05, 0) is 12.1 Å². The fraction of sp³-hybridized carbons (Fsp3) is 0.375. The van der Waals surface area contributed by atoms with Gasteiger partial charge in [0.05, 0.1) is 12.5 Å². The van der Waals surface area contributed by atoms with Crippen molar-refractivity contribution in [3.8, 4) is 0 Å². The number of nitrogens with one attached hydrogen (secondary N) is 2. The minimum Gasteiger partial charge on any atom is -0.481 e. The monoisotopic (exact) mass is 184 g/mol. The smallest absolute Gasteiger partial charge is 0.306 e. The summed E-state index contributed by atoms with van der Waals surface area (Å²) in [5.41, 5.74) is 0. The summed E-state index contributed by atoms with van der Waals surface area (Å²) >= 11 is 0. The molecular formula is C8H12N2O3. The zero-order valence-electron chi connectivity index (χ0n) is 7.03. The summed E-state index contributed by atoms with van der Waals surface area (Å²) in [5, 5.41) is 20.4. The van der Waals surface area contributed by atoms with Gasteiger partial charge in [0.15, 0.2) is 0 Å². The third-order valence-corrected chi connectivity index (χ3v) is 1.54. The van der Waals surface area contributed by atoms with E-state index < -0.39 is 12.1 Å². The second-order valence-electron chi connectivity index (χ2n) is 2.72. The number of aliphatic hydroxyl groups is 1. The van der Waals surface area contributed by atoms with Crippen molar-refractivity contribution in [2.45, 2.75) is 12.5 Å². The molecule has 5 nitrogen and oxygen atoms in total. The van der Waals surface area contributed by atoms with Crippen LogP contribution in [-0.4, -0.2) is 33.8 Å². The van der Waals surface area contributed by atoms with Crippen LogP contribution in [0.4, 0.5) is 5.82 Å². The predicted octanol–water partition coefficient (Wildman–Crippen LogP) is 0.262. The minimum atomic E-state index is -0.999. The number of aromatic nitrogens is 1. The molecule has 0 bridgehead atoms. The lowest BCUT2D eigenvalue weighted by atomic mass is 10.2. The molecule has 72 valence electrons. The molecule has 0 aliphatic carbocycles. The molecule has 1 aromatic rings. The molecule has 5 heteroatoms. The summed E-state index contributed by atoms with van der Waals surface area (Å²) in [5.74, 6) is -0.231. The van der Waals surface area contributed by atoms with E-state index in [2.05, 4.69) is 10.3 Å². The lowest BCUT2D eigenvalue weighted by molar-refractivity contribution is -0.138. The number of aliphatic carboxylic acids is 1. The van der Waals surface area contributed by atoms with Crippen molar-refractivity contribution in [2.75, 3.05) is 11.9 Å². The Labute approximate surface area is 75.4 Å². The maximum absolute atomic E-state index is 10.2. The van der Waals surface area contributed by atoms with E-state index in [0.717, 1.165) is 5.82 Å². The number of hydrogen-bond acceptors (Lipinski definition) is 3. The minimum absolute atomic E-state index is 0.229. The van der Waals surface area contributed by atoms with Crippen LogP contribution in [0.3, 0.4) is 0 Å². The highest BCUT2D eigenvalue weighted by Crippen LogP contribution is 2.01. The molecule has 1 rings (SSSR count). The molecule has 1 heterocycles. The molecular weight excluding hydrogens is 172 g/mol. The maximum atomic E-state index is 10.2. The number of aliphatic hydroxyl groups excluding tert-OH is 1. The summed E-state index contributed by atoms with van der Waals surface area (Å²) in [6, 6.07) is 3.61. The van der Waals surface area contributed by atoms with E-state index in [0.29, 0.717) is 0 Å². The molecule has 0 spiro atoms. The Hall–Kier alpha value is -1.49. The summed E-state index contributed by atoms with van der Waals surface area (Å²) in [7, 11) is 0. The second kappa shape index (κ2) is 4.51. The lowest BCUT2D eigenvalue weighted by Crippen LogP contribution is -2.22. The van der Waals surface area contributed by atoms with Crippen LogP contribution in [0.25, 0.3) is 0 Å². The number of aromatic amines is 1. The number of H-pyrrole nitrogens is 1. The fourth-order valence-electron chi connectivity index (χ4n) is 0.942. The van der Waals surface area contributed by atoms with Crippen LogP contribution in [0.5, 0.6) is 0 Å². The fourth-order valence-corrected chi connectivity index (χ4v) is 0.942. The van der Waals surface area contributed by atoms with E-state index in [-0.39, 0.29) is 13.0 Å². The van der Waals surface area contributed by atoms with Crippen LogP contribution >= 0.6 is 0 Å². The molecule has 0 fully saturated rings. The molecule has 0 amide bonds. The number of carbonyl (C=O) groups is 1. The molecule has 1 aromatic heterocycles. The van der Waals surface area contributed by atoms with E-state index in [9.17, 15) is 4.79 Å². The van der Waals surface area contributed by atoms with E-state index in [1.165, 1.54) is 0 Å². The van der Waals surface area contributed by atoms with Crippen molar-refractivity contribution >= 4 is 11.8 Å². The zero-order chi connectivity index (χ0) is 9.68. The van der Waals surface area contributed by atoms with Gasteiger partial charge in [0, 0.05) is 12.7 Å². The highest BCUT2D eigenvalue weighted by molar-refractivity contribution is 5.67. The van der Waals surface area contributed by atoms with Gasteiger partial charge < -0.3 is 20.5 Å². The average Bonchev–Trinajstić information content (AvgIpc) is 2.51. The summed E-state index contributed by atoms with van der Waals surface area (Å²) in [4.78, 5) is 13.1. The molecule has 0 saturated carbocycles. The number of anilines is 1. The van der Waals surface area contributed by atoms with Crippen LogP contribution in [0.2, 0.25) is 0 Å². The third kappa shape index (κ3) is 3.62. The summed E-state index contributed by atoms with van der Waals surface area (Å²) in [6.45, 7) is 0.229. The van der Waals surface area contributed by atoms with E-state index in [4.69, 9.17) is 10.2 Å². The summed E-state index contributed by atoms with van der Waals surface area (Å²) < 4.78 is 0. The van der Waals surface area contributed by atoms with Gasteiger partial charge in [-0.3, -0.25) is 4.79 Å². The van der Waals surface area contributed by atoms with Gasteiger partial charge in [0.25, 0.3) is 0 Å². The van der Waals surface area contributed by atoms with Crippen molar-refractivity contribution in [3.63, 3.8) is 0 Å². The van der Waals surface area contributed by atoms with Gasteiger partial charge >= 0.3 is 5.97 Å². The number of carboxylic acid groups (broad SMARTS) is 1. The first-order valence-corrected chi connectivity index (χ1v) is 3.95. The van der Waals surface area contributed by atoms with Gasteiger partial charge in [0.2, 0.25) is 0 Å². The SMILES string of the molecule is O=C(O)CC(O)CNc1ccc[nH]1. The first kappa shape index (κ1) is 9.60. The molecule has 0 aliphatic rings. The van der Waals surface area contributed by atoms with Crippen LogP contribution in [0.1, 0.15) is 6.42 Å².